The van der Waals surface area contributed by atoms with Gasteiger partial charge < -0.3 is 10.2 Å². The van der Waals surface area contributed by atoms with Gasteiger partial charge >= 0.3 is 0 Å². The zero-order valence-corrected chi connectivity index (χ0v) is 14.5. The number of carbonyl (C=O) groups excluding carboxylic acids is 1. The summed E-state index contributed by atoms with van der Waals surface area (Å²) in [6, 6.07) is 7.22. The molecule has 0 aliphatic carbocycles. The maximum atomic E-state index is 13.6. The Morgan fingerprint density at radius 1 is 1.23 bits per heavy atom. The molecule has 0 spiro atoms. The van der Waals surface area contributed by atoms with Gasteiger partial charge in [0.25, 0.3) is 0 Å². The van der Waals surface area contributed by atoms with Gasteiger partial charge in [0.05, 0.1) is 14.3 Å². The van der Waals surface area contributed by atoms with Crippen LogP contribution in [0.15, 0.2) is 34.7 Å². The molecular formula is C15H7Cl2FINO2. The fourth-order valence-corrected chi connectivity index (χ4v) is 3.01. The van der Waals surface area contributed by atoms with Crippen molar-refractivity contribution in [2.24, 2.45) is 0 Å². The highest BCUT2D eigenvalue weighted by Gasteiger charge is 2.23. The number of nitrogens with two attached hydrogens (primary N) is 1. The molecule has 0 saturated carbocycles. The van der Waals surface area contributed by atoms with Gasteiger partial charge in [0.2, 0.25) is 5.78 Å². The minimum atomic E-state index is -0.481. The highest BCUT2D eigenvalue weighted by Crippen LogP contribution is 2.33. The zero-order valence-electron chi connectivity index (χ0n) is 10.8. The van der Waals surface area contributed by atoms with Gasteiger partial charge in [-0.25, -0.2) is 4.39 Å². The van der Waals surface area contributed by atoms with Crippen LogP contribution in [-0.2, 0) is 0 Å². The molecule has 7 heteroatoms. The van der Waals surface area contributed by atoms with Crippen LogP contribution in [0.3, 0.4) is 0 Å². The van der Waals surface area contributed by atoms with Crippen molar-refractivity contribution >= 4 is 68.2 Å². The second-order valence-corrected chi connectivity index (χ2v) is 6.57. The number of hydrogen-bond donors (Lipinski definition) is 1. The first-order valence-electron chi connectivity index (χ1n) is 6.05. The monoisotopic (exact) mass is 449 g/mol. The van der Waals surface area contributed by atoms with Crippen molar-refractivity contribution in [2.45, 2.75) is 0 Å². The lowest BCUT2D eigenvalue weighted by Gasteiger charge is -2.02. The van der Waals surface area contributed by atoms with Gasteiger partial charge in [-0.1, -0.05) is 23.2 Å². The van der Waals surface area contributed by atoms with Crippen LogP contribution in [-0.4, -0.2) is 5.78 Å². The number of hydrogen-bond acceptors (Lipinski definition) is 3. The van der Waals surface area contributed by atoms with Crippen molar-refractivity contribution in [3.8, 4) is 0 Å². The van der Waals surface area contributed by atoms with Crippen LogP contribution in [0.4, 0.5) is 10.1 Å². The van der Waals surface area contributed by atoms with Crippen molar-refractivity contribution < 1.29 is 13.6 Å². The Balaban J connectivity index is 2.17. The van der Waals surface area contributed by atoms with Crippen molar-refractivity contribution in [1.29, 1.82) is 0 Å². The lowest BCUT2D eigenvalue weighted by atomic mass is 10.1. The Labute approximate surface area is 148 Å². The van der Waals surface area contributed by atoms with E-state index in [1.807, 2.05) is 22.6 Å². The normalized spacial score (nSPS) is 11.1. The van der Waals surface area contributed by atoms with E-state index >= 15 is 0 Å². The van der Waals surface area contributed by atoms with Gasteiger partial charge in [-0.3, -0.25) is 4.79 Å². The van der Waals surface area contributed by atoms with E-state index in [1.165, 1.54) is 24.3 Å². The molecule has 0 radical (unpaired) electrons. The van der Waals surface area contributed by atoms with Crippen LogP contribution in [0.1, 0.15) is 16.1 Å². The molecule has 0 aliphatic heterocycles. The van der Waals surface area contributed by atoms with Gasteiger partial charge in [0, 0.05) is 16.0 Å². The molecule has 2 aromatic carbocycles. The average molecular weight is 450 g/mol. The van der Waals surface area contributed by atoms with E-state index in [4.69, 9.17) is 33.4 Å². The third-order valence-corrected chi connectivity index (χ3v) is 4.53. The number of anilines is 1. The number of fused-ring (bicyclic) bond motifs is 1. The summed E-state index contributed by atoms with van der Waals surface area (Å²) in [4.78, 5) is 12.5. The van der Waals surface area contributed by atoms with E-state index in [1.54, 1.807) is 6.07 Å². The molecule has 2 N–H and O–H groups in total. The lowest BCUT2D eigenvalue weighted by molar-refractivity contribution is 0.101. The largest absolute Gasteiger partial charge is 0.450 e. The van der Waals surface area contributed by atoms with E-state index in [0.717, 1.165) is 0 Å². The standard InChI is InChI=1S/C15H7Cl2FINO2/c16-6-1-2-7(9(17)3-6)14(21)15-13(20)8-4-10(18)11(19)5-12(8)22-15/h1-5H,20H2. The number of benzene rings is 2. The van der Waals surface area contributed by atoms with Gasteiger partial charge in [0.15, 0.2) is 5.76 Å². The molecule has 0 unspecified atom stereocenters. The second-order valence-electron chi connectivity index (χ2n) is 4.56. The Kier molecular flexibility index (Phi) is 4.05. The summed E-state index contributed by atoms with van der Waals surface area (Å²) in [5.41, 5.74) is 6.57. The molecule has 0 amide bonds. The molecule has 0 aliphatic rings. The Hall–Kier alpha value is -1.31. The predicted molar refractivity (Wildman–Crippen MR) is 93.2 cm³/mol. The Morgan fingerprint density at radius 3 is 2.64 bits per heavy atom. The molecule has 3 nitrogen and oxygen atoms in total. The van der Waals surface area contributed by atoms with Crippen LogP contribution in [0.2, 0.25) is 10.0 Å². The third-order valence-electron chi connectivity index (χ3n) is 3.15. The summed E-state index contributed by atoms with van der Waals surface area (Å²) in [6.07, 6.45) is 0. The van der Waals surface area contributed by atoms with Crippen LogP contribution < -0.4 is 5.73 Å². The van der Waals surface area contributed by atoms with E-state index in [2.05, 4.69) is 0 Å². The summed E-state index contributed by atoms with van der Waals surface area (Å²) in [6.45, 7) is 0. The number of rotatable bonds is 2. The number of furan rings is 1. The molecule has 0 bridgehead atoms. The molecule has 1 aromatic heterocycles. The summed E-state index contributed by atoms with van der Waals surface area (Å²) in [5.74, 6) is -0.976. The third kappa shape index (κ3) is 2.57. The van der Waals surface area contributed by atoms with Gasteiger partial charge in [-0.15, -0.1) is 0 Å². The first-order valence-corrected chi connectivity index (χ1v) is 7.88. The summed E-state index contributed by atoms with van der Waals surface area (Å²) in [5, 5.41) is 0.959. The van der Waals surface area contributed by atoms with Gasteiger partial charge in [-0.2, -0.15) is 0 Å². The quantitative estimate of drug-likeness (QED) is 0.426. The molecule has 0 saturated heterocycles. The number of nitrogen functional groups attached to an aromatic ring is 1. The first-order chi connectivity index (χ1) is 10.4. The highest BCUT2D eigenvalue weighted by molar-refractivity contribution is 14.1. The van der Waals surface area contributed by atoms with E-state index in [9.17, 15) is 9.18 Å². The number of halogens is 4. The summed E-state index contributed by atoms with van der Waals surface area (Å²) >= 11 is 13.7. The van der Waals surface area contributed by atoms with Crippen molar-refractivity contribution in [2.75, 3.05) is 5.73 Å². The van der Waals surface area contributed by atoms with Crippen LogP contribution in [0, 0.1) is 9.39 Å². The fourth-order valence-electron chi connectivity index (χ4n) is 2.08. The minimum Gasteiger partial charge on any atom is -0.450 e. The van der Waals surface area contributed by atoms with Crippen LogP contribution in [0.5, 0.6) is 0 Å². The topological polar surface area (TPSA) is 56.2 Å². The second kappa shape index (κ2) is 5.72. The SMILES string of the molecule is Nc1c(C(=O)c2ccc(Cl)cc2Cl)oc2cc(I)c(F)cc12. The Morgan fingerprint density at radius 2 is 1.95 bits per heavy atom. The highest BCUT2D eigenvalue weighted by atomic mass is 127. The predicted octanol–water partition coefficient (Wildman–Crippen LogP) is 5.30. The summed E-state index contributed by atoms with van der Waals surface area (Å²) in [7, 11) is 0. The van der Waals surface area contributed by atoms with Gasteiger partial charge in [-0.05, 0) is 52.9 Å². The van der Waals surface area contributed by atoms with Crippen LogP contribution in [0.25, 0.3) is 11.0 Å². The smallest absolute Gasteiger partial charge is 0.231 e. The molecule has 112 valence electrons. The van der Waals surface area contributed by atoms with Gasteiger partial charge in [0.1, 0.15) is 11.4 Å². The fraction of sp³-hybridized carbons (Fsp3) is 0. The van der Waals surface area contributed by atoms with E-state index < -0.39 is 11.6 Å². The molecule has 3 rings (SSSR count). The first kappa shape index (κ1) is 15.6. The Bertz CT molecular complexity index is 924. The number of ketones is 1. The van der Waals surface area contributed by atoms with Crippen molar-refractivity contribution in [1.82, 2.24) is 0 Å². The lowest BCUT2D eigenvalue weighted by Crippen LogP contribution is -2.03. The maximum absolute atomic E-state index is 13.6. The van der Waals surface area contributed by atoms with Crippen molar-refractivity contribution in [3.05, 3.63) is 61.1 Å². The average Bonchev–Trinajstić information content (AvgIpc) is 2.76. The van der Waals surface area contributed by atoms with E-state index in [-0.39, 0.29) is 22.0 Å². The molecule has 0 fully saturated rings. The zero-order chi connectivity index (χ0) is 16.0. The summed E-state index contributed by atoms with van der Waals surface area (Å²) < 4.78 is 19.5. The van der Waals surface area contributed by atoms with Crippen molar-refractivity contribution in [3.63, 3.8) is 0 Å². The molecule has 0 atom stereocenters. The minimum absolute atomic E-state index is 0.0689. The van der Waals surface area contributed by atoms with E-state index in [0.29, 0.717) is 19.6 Å². The molecule has 22 heavy (non-hydrogen) atoms. The molecule has 3 aromatic rings. The molecular weight excluding hydrogens is 443 g/mol. The number of carbonyl (C=O) groups is 1. The molecule has 1 heterocycles. The maximum Gasteiger partial charge on any atom is 0.231 e. The van der Waals surface area contributed by atoms with Crippen LogP contribution >= 0.6 is 45.8 Å².